The van der Waals surface area contributed by atoms with Gasteiger partial charge < -0.3 is 5.32 Å². The fourth-order valence-corrected chi connectivity index (χ4v) is 2.50. The van der Waals surface area contributed by atoms with E-state index in [1.165, 1.54) is 12.1 Å². The molecule has 16 heavy (non-hydrogen) atoms. The van der Waals surface area contributed by atoms with Gasteiger partial charge in [0.2, 0.25) is 0 Å². The van der Waals surface area contributed by atoms with Crippen LogP contribution in [0.1, 0.15) is 18.4 Å². The maximum Gasteiger partial charge on any atom is 0.140 e. The van der Waals surface area contributed by atoms with E-state index < -0.39 is 16.8 Å². The zero-order valence-corrected chi connectivity index (χ0v) is 9.94. The van der Waals surface area contributed by atoms with Crippen LogP contribution >= 0.6 is 0 Å². The lowest BCUT2D eigenvalue weighted by molar-refractivity contribution is 0.577. The van der Waals surface area contributed by atoms with Crippen LogP contribution < -0.4 is 10.5 Å². The SMILES string of the molecule is CNCC1(c2ccc(S(N)=O)c(F)c2)CC1. The number of likely N-dealkylation sites (N-methyl/N-ethyl adjacent to an activating group) is 1. The Morgan fingerprint density at radius 3 is 2.69 bits per heavy atom. The van der Waals surface area contributed by atoms with Crippen molar-refractivity contribution in [1.82, 2.24) is 5.32 Å². The molecule has 0 aromatic heterocycles. The summed E-state index contributed by atoms with van der Waals surface area (Å²) in [6, 6.07) is 4.81. The van der Waals surface area contributed by atoms with Crippen molar-refractivity contribution in [3.63, 3.8) is 0 Å². The van der Waals surface area contributed by atoms with Gasteiger partial charge in [0.25, 0.3) is 0 Å². The first kappa shape index (κ1) is 11.7. The van der Waals surface area contributed by atoms with Crippen molar-refractivity contribution in [1.29, 1.82) is 0 Å². The van der Waals surface area contributed by atoms with Gasteiger partial charge in [0, 0.05) is 12.0 Å². The van der Waals surface area contributed by atoms with Crippen LogP contribution in [0.2, 0.25) is 0 Å². The molecule has 0 bridgehead atoms. The standard InChI is InChI=1S/C11H15FN2OS/c1-14-7-11(4-5-11)8-2-3-10(16(13)15)9(12)6-8/h2-3,6,14H,4-5,7,13H2,1H3. The Kier molecular flexibility index (Phi) is 3.10. The van der Waals surface area contributed by atoms with Gasteiger partial charge in [0.1, 0.15) is 16.8 Å². The van der Waals surface area contributed by atoms with Crippen LogP contribution in [0.25, 0.3) is 0 Å². The maximum atomic E-state index is 13.6. The molecule has 0 aliphatic heterocycles. The van der Waals surface area contributed by atoms with Crippen molar-refractivity contribution < 1.29 is 8.60 Å². The summed E-state index contributed by atoms with van der Waals surface area (Å²) >= 11 is 0. The van der Waals surface area contributed by atoms with Crippen LogP contribution in [0, 0.1) is 5.82 Å². The fourth-order valence-electron chi connectivity index (χ4n) is 2.05. The van der Waals surface area contributed by atoms with Crippen LogP contribution in [-0.2, 0) is 16.4 Å². The Bertz CT molecular complexity index is 432. The van der Waals surface area contributed by atoms with Crippen LogP contribution in [0.4, 0.5) is 4.39 Å². The fraction of sp³-hybridized carbons (Fsp3) is 0.455. The van der Waals surface area contributed by atoms with Crippen LogP contribution in [0.5, 0.6) is 0 Å². The Morgan fingerprint density at radius 2 is 2.25 bits per heavy atom. The molecule has 1 saturated carbocycles. The lowest BCUT2D eigenvalue weighted by Crippen LogP contribution is -2.23. The van der Waals surface area contributed by atoms with Crippen molar-refractivity contribution in [2.24, 2.45) is 5.14 Å². The second kappa shape index (κ2) is 4.24. The van der Waals surface area contributed by atoms with Crippen LogP contribution in [-0.4, -0.2) is 17.8 Å². The van der Waals surface area contributed by atoms with Crippen molar-refractivity contribution in [3.05, 3.63) is 29.6 Å². The summed E-state index contributed by atoms with van der Waals surface area (Å²) < 4.78 is 24.6. The van der Waals surface area contributed by atoms with Gasteiger partial charge in [0.15, 0.2) is 0 Å². The molecule has 3 nitrogen and oxygen atoms in total. The van der Waals surface area contributed by atoms with Gasteiger partial charge in [-0.05, 0) is 37.6 Å². The molecule has 88 valence electrons. The van der Waals surface area contributed by atoms with E-state index in [9.17, 15) is 8.60 Å². The number of benzene rings is 1. The van der Waals surface area contributed by atoms with Gasteiger partial charge in [-0.3, -0.25) is 0 Å². The van der Waals surface area contributed by atoms with Gasteiger partial charge in [-0.2, -0.15) is 0 Å². The number of nitrogens with two attached hydrogens (primary N) is 1. The molecular weight excluding hydrogens is 227 g/mol. The average molecular weight is 242 g/mol. The largest absolute Gasteiger partial charge is 0.319 e. The minimum absolute atomic E-state index is 0.0732. The summed E-state index contributed by atoms with van der Waals surface area (Å²) in [5, 5.41) is 8.29. The molecule has 0 radical (unpaired) electrons. The highest BCUT2D eigenvalue weighted by Crippen LogP contribution is 2.47. The Hall–Kier alpha value is -0.780. The number of nitrogens with one attached hydrogen (secondary N) is 1. The first-order chi connectivity index (χ1) is 7.59. The highest BCUT2D eigenvalue weighted by molar-refractivity contribution is 7.82. The lowest BCUT2D eigenvalue weighted by Gasteiger charge is -2.15. The topological polar surface area (TPSA) is 55.1 Å². The third kappa shape index (κ3) is 2.03. The van der Waals surface area contributed by atoms with Crippen molar-refractivity contribution in [2.75, 3.05) is 13.6 Å². The highest BCUT2D eigenvalue weighted by atomic mass is 32.2. The summed E-state index contributed by atoms with van der Waals surface area (Å²) in [6.07, 6.45) is 2.14. The zero-order valence-electron chi connectivity index (χ0n) is 9.13. The summed E-state index contributed by atoms with van der Waals surface area (Å²) in [7, 11) is 0.139. The van der Waals surface area contributed by atoms with E-state index in [1.807, 2.05) is 13.1 Å². The van der Waals surface area contributed by atoms with Gasteiger partial charge in [-0.15, -0.1) is 0 Å². The Labute approximate surface area is 96.8 Å². The molecule has 0 heterocycles. The molecule has 1 atom stereocenters. The molecule has 1 aliphatic carbocycles. The third-order valence-corrected chi connectivity index (χ3v) is 3.89. The molecule has 1 aromatic rings. The van der Waals surface area contributed by atoms with Crippen molar-refractivity contribution >= 4 is 11.0 Å². The highest BCUT2D eigenvalue weighted by Gasteiger charge is 2.43. The summed E-state index contributed by atoms with van der Waals surface area (Å²) in [5.74, 6) is -0.472. The number of rotatable bonds is 4. The van der Waals surface area contributed by atoms with Gasteiger partial charge >= 0.3 is 0 Å². The monoisotopic (exact) mass is 242 g/mol. The van der Waals surface area contributed by atoms with Crippen molar-refractivity contribution in [2.45, 2.75) is 23.2 Å². The molecule has 2 rings (SSSR count). The summed E-state index contributed by atoms with van der Waals surface area (Å²) in [4.78, 5) is 0.0732. The predicted octanol–water partition coefficient (Wildman–Crippen LogP) is 1.06. The first-order valence-electron chi connectivity index (χ1n) is 5.20. The number of hydrogen-bond donors (Lipinski definition) is 2. The van der Waals surface area contributed by atoms with E-state index in [2.05, 4.69) is 5.32 Å². The van der Waals surface area contributed by atoms with E-state index in [1.54, 1.807) is 0 Å². The van der Waals surface area contributed by atoms with Gasteiger partial charge in [0.05, 0.1) is 4.90 Å². The molecule has 0 spiro atoms. The molecule has 1 unspecified atom stereocenters. The van der Waals surface area contributed by atoms with E-state index >= 15 is 0 Å². The number of hydrogen-bond acceptors (Lipinski definition) is 2. The molecule has 1 aliphatic rings. The first-order valence-corrected chi connectivity index (χ1v) is 6.41. The van der Waals surface area contributed by atoms with Crippen LogP contribution in [0.3, 0.4) is 0 Å². The molecule has 5 heteroatoms. The van der Waals surface area contributed by atoms with Crippen LogP contribution in [0.15, 0.2) is 23.1 Å². The number of halogens is 1. The quantitative estimate of drug-likeness (QED) is 0.829. The summed E-state index contributed by atoms with van der Waals surface area (Å²) in [5.41, 5.74) is 1.04. The minimum Gasteiger partial charge on any atom is -0.319 e. The molecule has 1 fully saturated rings. The molecule has 1 aromatic carbocycles. The van der Waals surface area contributed by atoms with E-state index in [0.717, 1.165) is 24.9 Å². The lowest BCUT2D eigenvalue weighted by atomic mass is 9.96. The molecular formula is C11H15FN2OS. The predicted molar refractivity (Wildman–Crippen MR) is 61.8 cm³/mol. The summed E-state index contributed by atoms with van der Waals surface area (Å²) in [6.45, 7) is 0.845. The maximum absolute atomic E-state index is 13.6. The Morgan fingerprint density at radius 1 is 1.56 bits per heavy atom. The molecule has 0 saturated heterocycles. The van der Waals surface area contributed by atoms with Gasteiger partial charge in [-0.25, -0.2) is 13.7 Å². The van der Waals surface area contributed by atoms with E-state index in [0.29, 0.717) is 0 Å². The molecule has 3 N–H and O–H groups in total. The Balaban J connectivity index is 2.31. The van der Waals surface area contributed by atoms with Gasteiger partial charge in [-0.1, -0.05) is 6.07 Å². The second-order valence-electron chi connectivity index (χ2n) is 4.25. The van der Waals surface area contributed by atoms with Crippen molar-refractivity contribution in [3.8, 4) is 0 Å². The van der Waals surface area contributed by atoms with E-state index in [4.69, 9.17) is 5.14 Å². The van der Waals surface area contributed by atoms with E-state index in [-0.39, 0.29) is 10.3 Å². The minimum atomic E-state index is -1.75. The smallest absolute Gasteiger partial charge is 0.140 e. The zero-order chi connectivity index (χ0) is 11.8. The third-order valence-electron chi connectivity index (χ3n) is 3.13. The average Bonchev–Trinajstić information content (AvgIpc) is 2.99. The molecule has 0 amide bonds. The normalized spacial score (nSPS) is 19.4. The second-order valence-corrected chi connectivity index (χ2v) is 5.29.